The van der Waals surface area contributed by atoms with E-state index < -0.39 is 6.04 Å². The van der Waals surface area contributed by atoms with E-state index in [0.717, 1.165) is 17.5 Å². The molecule has 0 fully saturated rings. The van der Waals surface area contributed by atoms with Crippen molar-refractivity contribution in [1.29, 1.82) is 0 Å². The van der Waals surface area contributed by atoms with Crippen LogP contribution in [0.15, 0.2) is 48.7 Å². The van der Waals surface area contributed by atoms with Gasteiger partial charge in [-0.15, -0.1) is 0 Å². The highest BCUT2D eigenvalue weighted by Crippen LogP contribution is 2.14. The van der Waals surface area contributed by atoms with Crippen molar-refractivity contribution in [2.24, 2.45) is 0 Å². The summed E-state index contributed by atoms with van der Waals surface area (Å²) in [6.45, 7) is 1.92. The molecule has 0 aliphatic heterocycles. The van der Waals surface area contributed by atoms with Crippen molar-refractivity contribution >= 4 is 23.6 Å². The lowest BCUT2D eigenvalue weighted by molar-refractivity contribution is -0.117. The van der Waals surface area contributed by atoms with Crippen LogP contribution in [-0.2, 0) is 11.2 Å². The Balaban J connectivity index is 2.01. The van der Waals surface area contributed by atoms with Crippen LogP contribution >= 0.6 is 11.6 Å². The van der Waals surface area contributed by atoms with Gasteiger partial charge in [-0.3, -0.25) is 4.79 Å². The first kappa shape index (κ1) is 17.2. The molecule has 0 bridgehead atoms. The van der Waals surface area contributed by atoms with Gasteiger partial charge < -0.3 is 10.4 Å². The van der Waals surface area contributed by atoms with Crippen LogP contribution in [0.5, 0.6) is 0 Å². The summed E-state index contributed by atoms with van der Waals surface area (Å²) in [4.78, 5) is 15.9. The molecule has 1 aromatic heterocycles. The number of halogens is 1. The fourth-order valence-electron chi connectivity index (χ4n) is 2.13. The third-order valence-corrected chi connectivity index (χ3v) is 3.67. The van der Waals surface area contributed by atoms with E-state index in [1.165, 1.54) is 11.6 Å². The number of rotatable bonds is 6. The van der Waals surface area contributed by atoms with Gasteiger partial charge in [0.25, 0.3) is 0 Å². The molecule has 0 spiro atoms. The molecule has 120 valence electrons. The number of aryl methyl sites for hydroxylation is 1. The maximum absolute atomic E-state index is 12.0. The fourth-order valence-corrected chi connectivity index (χ4v) is 2.32. The molecule has 1 unspecified atom stereocenters. The molecule has 0 aliphatic rings. The summed E-state index contributed by atoms with van der Waals surface area (Å²) < 4.78 is 0. The lowest BCUT2D eigenvalue weighted by Gasteiger charge is -2.16. The number of nitrogens with one attached hydrogen (secondary N) is 1. The van der Waals surface area contributed by atoms with Crippen molar-refractivity contribution in [3.05, 3.63) is 70.5 Å². The molecule has 2 aromatic rings. The largest absolute Gasteiger partial charge is 0.394 e. The zero-order valence-electron chi connectivity index (χ0n) is 12.9. The van der Waals surface area contributed by atoms with Gasteiger partial charge in [0.05, 0.1) is 12.6 Å². The molecule has 5 heteroatoms. The number of carbonyl (C=O) groups is 1. The van der Waals surface area contributed by atoms with Gasteiger partial charge in [0.1, 0.15) is 5.15 Å². The lowest BCUT2D eigenvalue weighted by atomic mass is 10.0. The van der Waals surface area contributed by atoms with Crippen LogP contribution in [0.4, 0.5) is 0 Å². The second-order valence-corrected chi connectivity index (χ2v) is 5.47. The number of nitrogens with zero attached hydrogens (tertiary/aromatic N) is 1. The standard InChI is InChI=1S/C18H19ClN2O2/c1-2-13-3-6-15(7-4-13)16(12-22)21-18(23)8-5-14-9-10-20-17(19)11-14/h3-11,16,22H,2,12H2,1H3,(H,21,23)/b8-5+. The summed E-state index contributed by atoms with van der Waals surface area (Å²) >= 11 is 5.79. The number of amides is 1. The highest BCUT2D eigenvalue weighted by molar-refractivity contribution is 6.29. The van der Waals surface area contributed by atoms with Crippen LogP contribution < -0.4 is 5.32 Å². The smallest absolute Gasteiger partial charge is 0.244 e. The van der Waals surface area contributed by atoms with Crippen molar-refractivity contribution in [3.63, 3.8) is 0 Å². The highest BCUT2D eigenvalue weighted by Gasteiger charge is 2.11. The normalized spacial score (nSPS) is 12.3. The number of hydrogen-bond donors (Lipinski definition) is 2. The summed E-state index contributed by atoms with van der Waals surface area (Å²) in [7, 11) is 0. The zero-order valence-corrected chi connectivity index (χ0v) is 13.6. The Morgan fingerprint density at radius 3 is 2.70 bits per heavy atom. The second kappa shape index (κ2) is 8.46. The van der Waals surface area contributed by atoms with Gasteiger partial charge in [-0.1, -0.05) is 42.8 Å². The minimum absolute atomic E-state index is 0.161. The minimum Gasteiger partial charge on any atom is -0.394 e. The Hall–Kier alpha value is -2.17. The molecule has 2 N–H and O–H groups in total. The van der Waals surface area contributed by atoms with Crippen molar-refractivity contribution in [2.45, 2.75) is 19.4 Å². The molecule has 1 heterocycles. The van der Waals surface area contributed by atoms with Crippen molar-refractivity contribution in [1.82, 2.24) is 10.3 Å². The number of aliphatic hydroxyl groups excluding tert-OH is 1. The van der Waals surface area contributed by atoms with Crippen LogP contribution in [-0.4, -0.2) is 22.6 Å². The number of pyridine rings is 1. The summed E-state index contributed by atoms with van der Waals surface area (Å²) in [5, 5.41) is 12.7. The Kier molecular flexibility index (Phi) is 6.32. The Morgan fingerprint density at radius 1 is 1.35 bits per heavy atom. The van der Waals surface area contributed by atoms with Crippen molar-refractivity contribution < 1.29 is 9.90 Å². The monoisotopic (exact) mass is 330 g/mol. The first-order chi connectivity index (χ1) is 11.1. The van der Waals surface area contributed by atoms with Gasteiger partial charge in [-0.05, 0) is 41.3 Å². The Labute approximate surface area is 140 Å². The third kappa shape index (κ3) is 5.20. The number of carbonyl (C=O) groups excluding carboxylic acids is 1. The summed E-state index contributed by atoms with van der Waals surface area (Å²) in [6, 6.07) is 10.8. The molecular formula is C18H19ClN2O2. The van der Waals surface area contributed by atoms with Crippen LogP contribution in [0.2, 0.25) is 5.15 Å². The number of benzene rings is 1. The minimum atomic E-state index is -0.431. The summed E-state index contributed by atoms with van der Waals surface area (Å²) in [6.07, 6.45) is 5.59. The topological polar surface area (TPSA) is 62.2 Å². The molecule has 1 aromatic carbocycles. The average molecular weight is 331 g/mol. The highest BCUT2D eigenvalue weighted by atomic mass is 35.5. The average Bonchev–Trinajstić information content (AvgIpc) is 2.58. The molecule has 0 radical (unpaired) electrons. The van der Waals surface area contributed by atoms with Crippen LogP contribution in [0, 0.1) is 0 Å². The van der Waals surface area contributed by atoms with Crippen molar-refractivity contribution in [3.8, 4) is 0 Å². The van der Waals surface area contributed by atoms with Crippen LogP contribution in [0.1, 0.15) is 29.7 Å². The number of hydrogen-bond acceptors (Lipinski definition) is 3. The second-order valence-electron chi connectivity index (χ2n) is 5.08. The predicted octanol–water partition coefficient (Wildman–Crippen LogP) is 3.16. The maximum atomic E-state index is 12.0. The predicted molar refractivity (Wildman–Crippen MR) is 92.1 cm³/mol. The molecule has 1 atom stereocenters. The van der Waals surface area contributed by atoms with Gasteiger partial charge in [0.2, 0.25) is 5.91 Å². The first-order valence-electron chi connectivity index (χ1n) is 7.42. The Morgan fingerprint density at radius 2 is 2.09 bits per heavy atom. The molecule has 0 saturated carbocycles. The quantitative estimate of drug-likeness (QED) is 0.631. The van der Waals surface area contributed by atoms with Crippen molar-refractivity contribution in [2.75, 3.05) is 6.61 Å². The fraction of sp³-hybridized carbons (Fsp3) is 0.222. The summed E-state index contributed by atoms with van der Waals surface area (Å²) in [5.41, 5.74) is 2.87. The van der Waals surface area contributed by atoms with E-state index in [1.807, 2.05) is 24.3 Å². The van der Waals surface area contributed by atoms with Gasteiger partial charge in [-0.2, -0.15) is 0 Å². The van der Waals surface area contributed by atoms with E-state index in [2.05, 4.69) is 17.2 Å². The SMILES string of the molecule is CCc1ccc(C(CO)NC(=O)/C=C/c2ccnc(Cl)c2)cc1. The van der Waals surface area contributed by atoms with E-state index in [4.69, 9.17) is 11.6 Å². The van der Waals surface area contributed by atoms with E-state index in [-0.39, 0.29) is 12.5 Å². The molecule has 4 nitrogen and oxygen atoms in total. The molecule has 1 amide bonds. The van der Waals surface area contributed by atoms with E-state index >= 15 is 0 Å². The first-order valence-corrected chi connectivity index (χ1v) is 7.80. The summed E-state index contributed by atoms with van der Waals surface area (Å²) in [5.74, 6) is -0.281. The van der Waals surface area contributed by atoms with E-state index in [9.17, 15) is 9.90 Å². The number of aromatic nitrogens is 1. The van der Waals surface area contributed by atoms with Gasteiger partial charge in [0.15, 0.2) is 0 Å². The van der Waals surface area contributed by atoms with Gasteiger partial charge in [-0.25, -0.2) is 4.98 Å². The molecular weight excluding hydrogens is 312 g/mol. The molecule has 0 aliphatic carbocycles. The molecule has 23 heavy (non-hydrogen) atoms. The van der Waals surface area contributed by atoms with Crippen LogP contribution in [0.3, 0.4) is 0 Å². The lowest BCUT2D eigenvalue weighted by Crippen LogP contribution is -2.29. The molecule has 2 rings (SSSR count). The maximum Gasteiger partial charge on any atom is 0.244 e. The zero-order chi connectivity index (χ0) is 16.7. The third-order valence-electron chi connectivity index (χ3n) is 3.47. The van der Waals surface area contributed by atoms with E-state index in [1.54, 1.807) is 24.4 Å². The van der Waals surface area contributed by atoms with Crippen LogP contribution in [0.25, 0.3) is 6.08 Å². The van der Waals surface area contributed by atoms with E-state index in [0.29, 0.717) is 5.15 Å². The van der Waals surface area contributed by atoms with Gasteiger partial charge in [0, 0.05) is 12.3 Å². The number of aliphatic hydroxyl groups is 1. The van der Waals surface area contributed by atoms with Gasteiger partial charge >= 0.3 is 0 Å². The Bertz CT molecular complexity index is 684. The molecule has 0 saturated heterocycles.